The van der Waals surface area contributed by atoms with E-state index in [4.69, 9.17) is 28.7 Å². The molecule has 0 saturated heterocycles. The zero-order valence-corrected chi connectivity index (χ0v) is 19.0. The average molecular weight is 427 g/mol. The second-order valence-electron chi connectivity index (χ2n) is 7.24. The largest absolute Gasteiger partial charge is 0.497 e. The van der Waals surface area contributed by atoms with E-state index in [-0.39, 0.29) is 6.04 Å². The second kappa shape index (κ2) is 10.1. The molecule has 7 nitrogen and oxygen atoms in total. The highest BCUT2D eigenvalue weighted by molar-refractivity contribution is 5.76. The highest BCUT2D eigenvalue weighted by atomic mass is 16.5. The third kappa shape index (κ3) is 5.42. The fraction of sp³-hybridized carbons (Fsp3) is 0.375. The first-order valence-corrected chi connectivity index (χ1v) is 10.1. The van der Waals surface area contributed by atoms with Gasteiger partial charge in [-0.05, 0) is 44.2 Å². The normalized spacial score (nSPS) is 15.4. The summed E-state index contributed by atoms with van der Waals surface area (Å²) in [5, 5.41) is 0. The lowest BCUT2D eigenvalue weighted by molar-refractivity contribution is 0.263. The molecule has 0 aromatic heterocycles. The van der Waals surface area contributed by atoms with Gasteiger partial charge in [0.25, 0.3) is 6.02 Å². The maximum Gasteiger partial charge on any atom is 0.293 e. The highest BCUT2D eigenvalue weighted by Gasteiger charge is 2.22. The number of benzene rings is 2. The quantitative estimate of drug-likeness (QED) is 0.623. The maximum atomic E-state index is 6.01. The Morgan fingerprint density at radius 2 is 1.35 bits per heavy atom. The third-order valence-corrected chi connectivity index (χ3v) is 5.02. The van der Waals surface area contributed by atoms with Gasteiger partial charge in [0.15, 0.2) is 0 Å². The molecule has 1 aliphatic rings. The molecule has 1 atom stereocenters. The number of rotatable bonds is 8. The summed E-state index contributed by atoms with van der Waals surface area (Å²) in [7, 11) is 6.58. The van der Waals surface area contributed by atoms with Gasteiger partial charge in [-0.2, -0.15) is 0 Å². The van der Waals surface area contributed by atoms with Crippen molar-refractivity contribution in [3.63, 3.8) is 0 Å². The summed E-state index contributed by atoms with van der Waals surface area (Å²) < 4.78 is 27.9. The SMILES string of the molecule is COc1ccc(CN(Cc2ccc(OC)cc2OC)C2=N[C@@H](C)C=C(C)O2)c(OC)c1. The van der Waals surface area contributed by atoms with Crippen LogP contribution in [0.4, 0.5) is 0 Å². The number of amidine groups is 1. The lowest BCUT2D eigenvalue weighted by atomic mass is 10.1. The van der Waals surface area contributed by atoms with Crippen molar-refractivity contribution >= 4 is 6.02 Å². The van der Waals surface area contributed by atoms with Crippen molar-refractivity contribution in [3.05, 3.63) is 59.4 Å². The molecule has 0 amide bonds. The van der Waals surface area contributed by atoms with E-state index < -0.39 is 0 Å². The van der Waals surface area contributed by atoms with Gasteiger partial charge in [-0.3, -0.25) is 0 Å². The van der Waals surface area contributed by atoms with Crippen LogP contribution in [-0.2, 0) is 17.8 Å². The van der Waals surface area contributed by atoms with Gasteiger partial charge in [0, 0.05) is 23.3 Å². The molecule has 2 aromatic carbocycles. The smallest absolute Gasteiger partial charge is 0.293 e. The first kappa shape index (κ1) is 22.3. The molecule has 0 N–H and O–H groups in total. The van der Waals surface area contributed by atoms with Crippen molar-refractivity contribution in [2.75, 3.05) is 28.4 Å². The van der Waals surface area contributed by atoms with Gasteiger partial charge in [0.05, 0.1) is 47.6 Å². The number of aliphatic imine (C=N–C) groups is 1. The van der Waals surface area contributed by atoms with Gasteiger partial charge in [0.1, 0.15) is 28.8 Å². The molecule has 166 valence electrons. The second-order valence-corrected chi connectivity index (χ2v) is 7.24. The van der Waals surface area contributed by atoms with Crippen LogP contribution in [-0.4, -0.2) is 45.4 Å². The van der Waals surface area contributed by atoms with E-state index in [1.807, 2.05) is 56.3 Å². The molecule has 0 saturated carbocycles. The molecular weight excluding hydrogens is 396 g/mol. The molecule has 2 aromatic rings. The monoisotopic (exact) mass is 426 g/mol. The first-order valence-electron chi connectivity index (χ1n) is 10.1. The Hall–Kier alpha value is -3.35. The summed E-state index contributed by atoms with van der Waals surface area (Å²) in [5.41, 5.74) is 1.98. The van der Waals surface area contributed by atoms with Crippen LogP contribution in [0.25, 0.3) is 0 Å². The summed E-state index contributed by atoms with van der Waals surface area (Å²) in [6.45, 7) is 5.03. The molecule has 0 aliphatic carbocycles. The molecule has 0 spiro atoms. The van der Waals surface area contributed by atoms with Gasteiger partial charge in [-0.15, -0.1) is 0 Å². The Morgan fingerprint density at radius 1 is 0.839 bits per heavy atom. The van der Waals surface area contributed by atoms with Gasteiger partial charge in [0.2, 0.25) is 0 Å². The minimum Gasteiger partial charge on any atom is -0.497 e. The lowest BCUT2D eigenvalue weighted by Gasteiger charge is -2.29. The number of allylic oxidation sites excluding steroid dienone is 1. The standard InChI is InChI=1S/C24H30N2O5/c1-16-11-17(2)31-24(25-16)26(14-18-7-9-20(27-3)12-22(18)29-5)15-19-8-10-21(28-4)13-23(19)30-6/h7-13,16H,14-15H2,1-6H3/t16-/m0/s1. The highest BCUT2D eigenvalue weighted by Crippen LogP contribution is 2.30. The maximum absolute atomic E-state index is 6.01. The molecule has 0 bridgehead atoms. The van der Waals surface area contributed by atoms with E-state index in [0.29, 0.717) is 19.1 Å². The van der Waals surface area contributed by atoms with Crippen molar-refractivity contribution in [1.29, 1.82) is 0 Å². The Morgan fingerprint density at radius 3 is 1.77 bits per heavy atom. The number of ether oxygens (including phenoxy) is 5. The molecular formula is C24H30N2O5. The minimum atomic E-state index is 0.0294. The van der Waals surface area contributed by atoms with E-state index in [1.165, 1.54) is 0 Å². The number of nitrogens with zero attached hydrogens (tertiary/aromatic N) is 2. The average Bonchev–Trinajstić information content (AvgIpc) is 2.78. The predicted octanol–water partition coefficient (Wildman–Crippen LogP) is 4.40. The number of methoxy groups -OCH3 is 4. The summed E-state index contributed by atoms with van der Waals surface area (Å²) >= 11 is 0. The van der Waals surface area contributed by atoms with E-state index >= 15 is 0 Å². The van der Waals surface area contributed by atoms with Crippen molar-refractivity contribution in [1.82, 2.24) is 4.90 Å². The fourth-order valence-electron chi connectivity index (χ4n) is 3.47. The third-order valence-electron chi connectivity index (χ3n) is 5.02. The summed E-state index contributed by atoms with van der Waals surface area (Å²) in [4.78, 5) is 6.79. The van der Waals surface area contributed by atoms with Crippen molar-refractivity contribution in [2.45, 2.75) is 33.0 Å². The Bertz CT molecular complexity index is 913. The summed E-state index contributed by atoms with van der Waals surface area (Å²) in [6, 6.07) is 12.2. The number of hydrogen-bond donors (Lipinski definition) is 0. The van der Waals surface area contributed by atoms with E-state index in [0.717, 1.165) is 39.9 Å². The molecule has 3 rings (SSSR count). The van der Waals surface area contributed by atoms with Crippen molar-refractivity contribution < 1.29 is 23.7 Å². The minimum absolute atomic E-state index is 0.0294. The van der Waals surface area contributed by atoms with E-state index in [2.05, 4.69) is 4.90 Å². The van der Waals surface area contributed by atoms with Crippen molar-refractivity contribution in [2.24, 2.45) is 4.99 Å². The molecule has 0 fully saturated rings. The molecule has 0 unspecified atom stereocenters. The van der Waals surface area contributed by atoms with Gasteiger partial charge < -0.3 is 28.6 Å². The van der Waals surface area contributed by atoms with Crippen LogP contribution in [0.3, 0.4) is 0 Å². The van der Waals surface area contributed by atoms with Crippen LogP contribution < -0.4 is 18.9 Å². The molecule has 1 heterocycles. The van der Waals surface area contributed by atoms with Crippen LogP contribution in [0, 0.1) is 0 Å². The zero-order valence-electron chi connectivity index (χ0n) is 19.0. The Balaban J connectivity index is 1.97. The fourth-order valence-corrected chi connectivity index (χ4v) is 3.47. The lowest BCUT2D eigenvalue weighted by Crippen LogP contribution is -2.34. The van der Waals surface area contributed by atoms with E-state index in [9.17, 15) is 0 Å². The van der Waals surface area contributed by atoms with Gasteiger partial charge >= 0.3 is 0 Å². The molecule has 0 radical (unpaired) electrons. The van der Waals surface area contributed by atoms with Crippen LogP contribution in [0.2, 0.25) is 0 Å². The van der Waals surface area contributed by atoms with Crippen LogP contribution in [0.1, 0.15) is 25.0 Å². The molecule has 1 aliphatic heterocycles. The van der Waals surface area contributed by atoms with E-state index in [1.54, 1.807) is 28.4 Å². The van der Waals surface area contributed by atoms with Crippen molar-refractivity contribution in [3.8, 4) is 23.0 Å². The molecule has 7 heteroatoms. The summed E-state index contributed by atoms with van der Waals surface area (Å²) in [5.74, 6) is 3.78. The summed E-state index contributed by atoms with van der Waals surface area (Å²) in [6.07, 6.45) is 1.99. The zero-order chi connectivity index (χ0) is 22.4. The van der Waals surface area contributed by atoms with Crippen LogP contribution >= 0.6 is 0 Å². The predicted molar refractivity (Wildman–Crippen MR) is 120 cm³/mol. The van der Waals surface area contributed by atoms with Gasteiger partial charge in [-0.25, -0.2) is 4.99 Å². The molecule has 31 heavy (non-hydrogen) atoms. The Labute approximate surface area is 183 Å². The van der Waals surface area contributed by atoms with Crippen LogP contribution in [0.5, 0.6) is 23.0 Å². The van der Waals surface area contributed by atoms with Crippen LogP contribution in [0.15, 0.2) is 53.2 Å². The van der Waals surface area contributed by atoms with Gasteiger partial charge in [-0.1, -0.05) is 0 Å². The number of hydrogen-bond acceptors (Lipinski definition) is 7. The first-order chi connectivity index (χ1) is 15.0. The Kier molecular flexibility index (Phi) is 7.28. The topological polar surface area (TPSA) is 61.8 Å².